The van der Waals surface area contributed by atoms with Gasteiger partial charge in [-0.05, 0) is 36.2 Å². The Morgan fingerprint density at radius 3 is 2.31 bits per heavy atom. The molecule has 0 amide bonds. The number of rotatable bonds is 6. The molecule has 3 aromatic rings. The molecule has 6 heteroatoms. The number of nitrogens with zero attached hydrogens (tertiary/aromatic N) is 2. The molecule has 1 N–H and O–H groups in total. The first-order valence-electron chi connectivity index (χ1n) is 8.25. The number of hydrogen-bond donors (Lipinski definition) is 1. The van der Waals surface area contributed by atoms with Crippen LogP contribution in [0.3, 0.4) is 0 Å². The highest BCUT2D eigenvalue weighted by atomic mass is 32.2. The number of anilines is 2. The predicted octanol–water partition coefficient (Wildman–Crippen LogP) is 3.83. The Kier molecular flexibility index (Phi) is 5.23. The van der Waals surface area contributed by atoms with Crippen molar-refractivity contribution in [2.24, 2.45) is 0 Å². The molecule has 0 aliphatic carbocycles. The van der Waals surface area contributed by atoms with Gasteiger partial charge in [-0.3, -0.25) is 4.72 Å². The molecule has 0 saturated carbocycles. The van der Waals surface area contributed by atoms with Crippen molar-refractivity contribution in [3.63, 3.8) is 0 Å². The molecule has 26 heavy (non-hydrogen) atoms. The quantitative estimate of drug-likeness (QED) is 0.719. The van der Waals surface area contributed by atoms with Crippen molar-refractivity contribution in [2.75, 3.05) is 16.7 Å². The molecule has 0 aliphatic rings. The largest absolute Gasteiger partial charge is 0.369 e. The second-order valence-electron chi connectivity index (χ2n) is 6.11. The maximum Gasteiger partial charge on any atom is 0.263 e. The van der Waals surface area contributed by atoms with Crippen molar-refractivity contribution in [1.82, 2.24) is 4.98 Å². The van der Waals surface area contributed by atoms with Gasteiger partial charge < -0.3 is 4.90 Å². The van der Waals surface area contributed by atoms with Crippen LogP contribution in [0.2, 0.25) is 0 Å². The van der Waals surface area contributed by atoms with Crippen LogP contribution in [-0.2, 0) is 16.6 Å². The van der Waals surface area contributed by atoms with E-state index in [0.29, 0.717) is 11.4 Å². The van der Waals surface area contributed by atoms with E-state index in [4.69, 9.17) is 0 Å². The summed E-state index contributed by atoms with van der Waals surface area (Å²) in [4.78, 5) is 6.56. The Bertz CT molecular complexity index is 971. The van der Waals surface area contributed by atoms with E-state index < -0.39 is 10.0 Å². The van der Waals surface area contributed by atoms with Crippen LogP contribution in [0, 0.1) is 6.92 Å². The van der Waals surface area contributed by atoms with Gasteiger partial charge in [0, 0.05) is 13.6 Å². The molecule has 2 aromatic carbocycles. The molecule has 1 heterocycles. The van der Waals surface area contributed by atoms with Gasteiger partial charge in [-0.2, -0.15) is 0 Å². The lowest BCUT2D eigenvalue weighted by molar-refractivity contribution is 0.600. The van der Waals surface area contributed by atoms with E-state index in [0.717, 1.165) is 12.2 Å². The van der Waals surface area contributed by atoms with Crippen molar-refractivity contribution < 1.29 is 8.42 Å². The van der Waals surface area contributed by atoms with Gasteiger partial charge in [0.05, 0.1) is 16.8 Å². The first kappa shape index (κ1) is 17.9. The van der Waals surface area contributed by atoms with Gasteiger partial charge in [-0.15, -0.1) is 0 Å². The van der Waals surface area contributed by atoms with Crippen LogP contribution in [0.25, 0.3) is 0 Å². The van der Waals surface area contributed by atoms with E-state index in [-0.39, 0.29) is 4.90 Å². The Balaban J connectivity index is 1.72. The summed E-state index contributed by atoms with van der Waals surface area (Å²) in [6.45, 7) is 2.51. The number of pyridine rings is 1. The molecule has 0 unspecified atom stereocenters. The van der Waals surface area contributed by atoms with Crippen molar-refractivity contribution >= 4 is 21.5 Å². The third-order valence-corrected chi connectivity index (χ3v) is 5.59. The number of nitrogens with one attached hydrogen (secondary N) is 1. The minimum absolute atomic E-state index is 0.257. The van der Waals surface area contributed by atoms with E-state index in [2.05, 4.69) is 26.7 Å². The summed E-state index contributed by atoms with van der Waals surface area (Å²) < 4.78 is 27.6. The second-order valence-corrected chi connectivity index (χ2v) is 7.77. The third-order valence-electron chi connectivity index (χ3n) is 4.07. The third kappa shape index (κ3) is 4.21. The van der Waals surface area contributed by atoms with Crippen LogP contribution in [0.15, 0.2) is 77.8 Å². The van der Waals surface area contributed by atoms with Crippen LogP contribution >= 0.6 is 0 Å². The van der Waals surface area contributed by atoms with E-state index in [9.17, 15) is 8.42 Å². The van der Waals surface area contributed by atoms with Gasteiger partial charge in [0.2, 0.25) is 0 Å². The normalized spacial score (nSPS) is 11.2. The Labute approximate surface area is 154 Å². The first-order valence-corrected chi connectivity index (χ1v) is 9.73. The van der Waals surface area contributed by atoms with Crippen molar-refractivity contribution in [3.05, 3.63) is 84.1 Å². The van der Waals surface area contributed by atoms with Crippen LogP contribution in [0.1, 0.15) is 11.1 Å². The number of aromatic nitrogens is 1. The first-order chi connectivity index (χ1) is 12.5. The Morgan fingerprint density at radius 2 is 1.65 bits per heavy atom. The minimum Gasteiger partial charge on any atom is -0.369 e. The summed E-state index contributed by atoms with van der Waals surface area (Å²) in [5, 5.41) is 0. The fourth-order valence-electron chi connectivity index (χ4n) is 2.67. The molecule has 0 aliphatic heterocycles. The average Bonchev–Trinajstić information content (AvgIpc) is 2.63. The average molecular weight is 367 g/mol. The molecule has 0 fully saturated rings. The Hall–Kier alpha value is -2.86. The molecule has 0 radical (unpaired) electrons. The molecule has 5 nitrogen and oxygen atoms in total. The van der Waals surface area contributed by atoms with E-state index in [1.807, 2.05) is 37.4 Å². The van der Waals surface area contributed by atoms with Crippen LogP contribution < -0.4 is 9.62 Å². The summed E-state index contributed by atoms with van der Waals surface area (Å²) in [5.74, 6) is 0.296. The highest BCUT2D eigenvalue weighted by Gasteiger charge is 2.17. The maximum atomic E-state index is 12.5. The molecule has 0 atom stereocenters. The smallest absolute Gasteiger partial charge is 0.263 e. The molecule has 0 spiro atoms. The van der Waals surface area contributed by atoms with Gasteiger partial charge in [0.25, 0.3) is 10.0 Å². The monoisotopic (exact) mass is 367 g/mol. The molecule has 134 valence electrons. The maximum absolute atomic E-state index is 12.5. The Morgan fingerprint density at radius 1 is 0.962 bits per heavy atom. The van der Waals surface area contributed by atoms with Gasteiger partial charge in [0.15, 0.2) is 0 Å². The molecular formula is C20H21N3O2S. The van der Waals surface area contributed by atoms with Gasteiger partial charge >= 0.3 is 0 Å². The lowest BCUT2D eigenvalue weighted by Gasteiger charge is -2.19. The van der Waals surface area contributed by atoms with Crippen LogP contribution in [0.4, 0.5) is 11.5 Å². The zero-order valence-corrected chi connectivity index (χ0v) is 15.6. The molecule has 3 rings (SSSR count). The summed E-state index contributed by atoms with van der Waals surface area (Å²) in [5.41, 5.74) is 2.80. The van der Waals surface area contributed by atoms with Gasteiger partial charge in [0.1, 0.15) is 5.82 Å². The van der Waals surface area contributed by atoms with E-state index in [1.54, 1.807) is 37.4 Å². The number of benzene rings is 2. The second kappa shape index (κ2) is 7.58. The molecule has 0 saturated heterocycles. The van der Waals surface area contributed by atoms with Crippen molar-refractivity contribution in [1.29, 1.82) is 0 Å². The summed E-state index contributed by atoms with van der Waals surface area (Å²) in [6, 6.07) is 20.5. The number of aryl methyl sites for hydroxylation is 1. The lowest BCUT2D eigenvalue weighted by Crippen LogP contribution is -2.17. The highest BCUT2D eigenvalue weighted by Crippen LogP contribution is 2.20. The summed E-state index contributed by atoms with van der Waals surface area (Å²) in [7, 11) is -1.68. The summed E-state index contributed by atoms with van der Waals surface area (Å²) >= 11 is 0. The van der Waals surface area contributed by atoms with Crippen LogP contribution in [0.5, 0.6) is 0 Å². The standard InChI is InChI=1S/C20H21N3O2S/c1-16-8-6-7-11-19(16)26(24,25)22-20-13-12-18(14-21-20)23(2)15-17-9-4-3-5-10-17/h3-14H,15H2,1-2H3,(H,21,22). The minimum atomic E-state index is -3.65. The zero-order valence-electron chi connectivity index (χ0n) is 14.8. The molecule has 0 bridgehead atoms. The van der Waals surface area contributed by atoms with Crippen LogP contribution in [-0.4, -0.2) is 20.4 Å². The fraction of sp³-hybridized carbons (Fsp3) is 0.150. The van der Waals surface area contributed by atoms with Crippen molar-refractivity contribution in [3.8, 4) is 0 Å². The fourth-order valence-corrected chi connectivity index (χ4v) is 3.93. The topological polar surface area (TPSA) is 62.3 Å². The predicted molar refractivity (Wildman–Crippen MR) is 105 cm³/mol. The number of sulfonamides is 1. The molecule has 1 aromatic heterocycles. The van der Waals surface area contributed by atoms with E-state index >= 15 is 0 Å². The van der Waals surface area contributed by atoms with Crippen molar-refractivity contribution in [2.45, 2.75) is 18.4 Å². The van der Waals surface area contributed by atoms with Gasteiger partial charge in [-0.25, -0.2) is 13.4 Å². The SMILES string of the molecule is Cc1ccccc1S(=O)(=O)Nc1ccc(N(C)Cc2ccccc2)cn1. The highest BCUT2D eigenvalue weighted by molar-refractivity contribution is 7.92. The summed E-state index contributed by atoms with van der Waals surface area (Å²) in [6.07, 6.45) is 1.67. The number of hydrogen-bond acceptors (Lipinski definition) is 4. The molecular weight excluding hydrogens is 346 g/mol. The zero-order chi connectivity index (χ0) is 18.6. The van der Waals surface area contributed by atoms with Gasteiger partial charge in [-0.1, -0.05) is 48.5 Å². The van der Waals surface area contributed by atoms with E-state index in [1.165, 1.54) is 5.56 Å². The lowest BCUT2D eigenvalue weighted by atomic mass is 10.2.